The molecule has 0 aromatic heterocycles. The maximum absolute atomic E-state index is 11.1. The molecule has 0 aromatic carbocycles. The monoisotopic (exact) mass is 734 g/mol. The largest absolute Gasteiger partial charge is 0.450 e. The van der Waals surface area contributed by atoms with E-state index in [2.05, 4.69) is 69.6 Å². The van der Waals surface area contributed by atoms with Crippen molar-refractivity contribution in [3.05, 3.63) is 0 Å². The molecule has 0 aliphatic rings. The Morgan fingerprint density at radius 2 is 0.595 bits per heavy atom. The van der Waals surface area contributed by atoms with Gasteiger partial charge in [0.2, 0.25) is 0 Å². The van der Waals surface area contributed by atoms with Gasteiger partial charge in [-0.2, -0.15) is 74.6 Å². The standard InChI is InChI=1S/C2Cl2F4.C2HClF4.C2HF5.C2H2F4.CCl2F2.CHClF2/c3-1(5,6)2(4,7)8;2*3-1(4)2(5,6)7;3-1-2(4,5)6;2-1(3,4)5;2-1(3)4/h;2*1H;1H2;;1H. The highest BCUT2D eigenvalue weighted by Gasteiger charge is 2.53. The van der Waals surface area contributed by atoms with Crippen LogP contribution in [0.25, 0.3) is 0 Å². The fourth-order valence-corrected chi connectivity index (χ4v) is 0. The fourth-order valence-electron chi connectivity index (χ4n) is 0. The molecule has 0 aliphatic heterocycles. The molecule has 0 N–H and O–H groups in total. The molecule has 27 heteroatoms. The van der Waals surface area contributed by atoms with Gasteiger partial charge in [0.25, 0.3) is 5.63 Å². The van der Waals surface area contributed by atoms with E-state index >= 15 is 0 Å². The van der Waals surface area contributed by atoms with Crippen molar-refractivity contribution in [1.29, 1.82) is 0 Å². The quantitative estimate of drug-likeness (QED) is 0.186. The molecular weight excluding hydrogens is 732 g/mol. The summed E-state index contributed by atoms with van der Waals surface area (Å²) in [7, 11) is 0. The van der Waals surface area contributed by atoms with Crippen molar-refractivity contribution < 1.29 is 92.2 Å². The van der Waals surface area contributed by atoms with Crippen LogP contribution in [0.15, 0.2) is 0 Å². The summed E-state index contributed by atoms with van der Waals surface area (Å²) in [5, 5.41) is -9.32. The molecule has 37 heavy (non-hydrogen) atoms. The third-order valence-electron chi connectivity index (χ3n) is 0.968. The summed E-state index contributed by atoms with van der Waals surface area (Å²) in [6.45, 7) is -2.23. The molecule has 1 atom stereocenters. The van der Waals surface area contributed by atoms with Gasteiger partial charge in [0, 0.05) is 0 Å². The molecular formula is C10H5Cl6F21. The van der Waals surface area contributed by atoms with Gasteiger partial charge < -0.3 is 0 Å². The predicted octanol–water partition coefficient (Wildman–Crippen LogP) is 11.5. The second kappa shape index (κ2) is 21.1. The lowest BCUT2D eigenvalue weighted by Gasteiger charge is -2.11. The molecule has 0 radical (unpaired) electrons. The first kappa shape index (κ1) is 50.1. The van der Waals surface area contributed by atoms with Gasteiger partial charge in [0.15, 0.2) is 6.67 Å². The maximum Gasteiger partial charge on any atom is 0.450 e. The lowest BCUT2D eigenvalue weighted by atomic mass is 10.7. The third kappa shape index (κ3) is 72.3. The highest BCUT2D eigenvalue weighted by atomic mass is 35.5. The van der Waals surface area contributed by atoms with Crippen LogP contribution in [0.5, 0.6) is 0 Å². The van der Waals surface area contributed by atoms with Crippen molar-refractivity contribution in [2.24, 2.45) is 0 Å². The second-order valence-electron chi connectivity index (χ2n) is 4.10. The summed E-state index contributed by atoms with van der Waals surface area (Å²) in [4.78, 5) is -3.56. The van der Waals surface area contributed by atoms with Gasteiger partial charge in [-0.25, -0.2) is 17.6 Å². The minimum absolute atomic E-state index is 2.23. The zero-order valence-electron chi connectivity index (χ0n) is 15.6. The number of hydrogen-bond donors (Lipinski definition) is 0. The highest BCUT2D eigenvalue weighted by Crippen LogP contribution is 2.40. The molecule has 1 unspecified atom stereocenters. The van der Waals surface area contributed by atoms with E-state index in [1.165, 1.54) is 0 Å². The van der Waals surface area contributed by atoms with Gasteiger partial charge in [0.05, 0.1) is 0 Å². The van der Waals surface area contributed by atoms with Crippen LogP contribution in [-0.4, -0.2) is 58.7 Å². The molecule has 234 valence electrons. The highest BCUT2D eigenvalue weighted by molar-refractivity contribution is 6.45. The first-order valence-electron chi connectivity index (χ1n) is 6.57. The molecule has 0 fully saturated rings. The first-order chi connectivity index (χ1) is 15.4. The molecule has 0 bridgehead atoms. The van der Waals surface area contributed by atoms with E-state index in [9.17, 15) is 92.2 Å². The minimum Gasteiger partial charge on any atom is -0.241 e. The first-order valence-corrected chi connectivity index (χ1v) is 8.95. The Bertz CT molecular complexity index is 458. The van der Waals surface area contributed by atoms with Gasteiger partial charge in [-0.3, -0.25) is 0 Å². The average Bonchev–Trinajstić information content (AvgIpc) is 2.49. The maximum atomic E-state index is 11.1. The van der Waals surface area contributed by atoms with Crippen LogP contribution in [0.1, 0.15) is 0 Å². The van der Waals surface area contributed by atoms with Crippen molar-refractivity contribution in [2.45, 2.75) is 52.1 Å². The van der Waals surface area contributed by atoms with E-state index in [1.807, 2.05) is 0 Å². The van der Waals surface area contributed by atoms with Crippen molar-refractivity contribution >= 4 is 69.6 Å². The van der Waals surface area contributed by atoms with Gasteiger partial charge in [-0.15, -0.1) is 0 Å². The lowest BCUT2D eigenvalue weighted by Crippen LogP contribution is -2.28. The smallest absolute Gasteiger partial charge is 0.241 e. The molecule has 0 heterocycles. The van der Waals surface area contributed by atoms with Crippen LogP contribution in [0.2, 0.25) is 0 Å². The van der Waals surface area contributed by atoms with E-state index in [1.54, 1.807) is 0 Å². The fraction of sp³-hybridized carbons (Fsp3) is 1.00. The number of rotatable bonds is 1. The summed E-state index contributed by atoms with van der Waals surface area (Å²) < 4.78 is 222. The Morgan fingerprint density at radius 1 is 0.486 bits per heavy atom. The third-order valence-corrected chi connectivity index (χ3v) is 1.79. The van der Waals surface area contributed by atoms with E-state index in [0.717, 1.165) is 0 Å². The van der Waals surface area contributed by atoms with Crippen LogP contribution in [-0.2, 0) is 0 Å². The van der Waals surface area contributed by atoms with Crippen LogP contribution >= 0.6 is 69.6 Å². The van der Waals surface area contributed by atoms with Crippen LogP contribution in [0, 0.1) is 0 Å². The summed E-state index contributed by atoms with van der Waals surface area (Å²) in [5.41, 5.74) is -3.23. The molecule has 0 rings (SSSR count). The average molecular weight is 737 g/mol. The van der Waals surface area contributed by atoms with E-state index in [-0.39, 0.29) is 0 Å². The van der Waals surface area contributed by atoms with E-state index < -0.39 is 58.7 Å². The van der Waals surface area contributed by atoms with Crippen molar-refractivity contribution in [1.82, 2.24) is 0 Å². The van der Waals surface area contributed by atoms with Crippen LogP contribution < -0.4 is 0 Å². The number of halogens is 27. The molecule has 0 nitrogen and oxygen atoms in total. The van der Waals surface area contributed by atoms with Crippen molar-refractivity contribution in [3.8, 4) is 0 Å². The Morgan fingerprint density at radius 3 is 0.595 bits per heavy atom. The minimum atomic E-state index is -5.33. The second-order valence-corrected chi connectivity index (χ2v) is 6.91. The Hall–Kier alpha value is 0.270. The summed E-state index contributed by atoms with van der Waals surface area (Å²) in [6, 6.07) is 0. The zero-order valence-corrected chi connectivity index (χ0v) is 20.2. The molecule has 0 spiro atoms. The summed E-state index contributed by atoms with van der Waals surface area (Å²) in [5.74, 6) is -2.69. The van der Waals surface area contributed by atoms with Gasteiger partial charge in [-0.1, -0.05) is 23.2 Å². The van der Waals surface area contributed by atoms with Gasteiger partial charge in [-0.05, 0) is 46.4 Å². The van der Waals surface area contributed by atoms with Crippen molar-refractivity contribution in [2.75, 3.05) is 6.67 Å². The Kier molecular flexibility index (Phi) is 28.6. The predicted molar refractivity (Wildman–Crippen MR) is 91.0 cm³/mol. The molecule has 0 amide bonds. The van der Waals surface area contributed by atoms with E-state index in [4.69, 9.17) is 0 Å². The molecule has 0 saturated heterocycles. The molecule has 0 aromatic rings. The zero-order chi connectivity index (χ0) is 32.4. The SMILES string of the molecule is FC(Cl)C(F)(F)F.FC(F)(Cl)C(F)(F)Cl.FC(F)(Cl)Cl.FC(F)C(F)(F)F.FC(F)Cl.FCC(F)(F)F. The molecule has 0 saturated carbocycles. The summed E-state index contributed by atoms with van der Waals surface area (Å²) >= 11 is 23.4. The number of alkyl halides is 27. The Labute approximate surface area is 220 Å². The van der Waals surface area contributed by atoms with Gasteiger partial charge >= 0.3 is 46.4 Å². The number of hydrogen-bond acceptors (Lipinski definition) is 0. The van der Waals surface area contributed by atoms with E-state index in [0.29, 0.717) is 0 Å². The summed E-state index contributed by atoms with van der Waals surface area (Å²) in [6.07, 6.45) is -19.1. The van der Waals surface area contributed by atoms with Crippen LogP contribution in [0.3, 0.4) is 0 Å². The van der Waals surface area contributed by atoms with Crippen LogP contribution in [0.4, 0.5) is 92.2 Å². The molecule has 0 aliphatic carbocycles. The van der Waals surface area contributed by atoms with Gasteiger partial charge in [0.1, 0.15) is 0 Å². The lowest BCUT2D eigenvalue weighted by molar-refractivity contribution is -0.219. The normalized spacial score (nSPS) is 13.2. The topological polar surface area (TPSA) is 0 Å². The van der Waals surface area contributed by atoms with Crippen molar-refractivity contribution in [3.63, 3.8) is 0 Å². The Balaban J connectivity index is -0.0000000789.